The average molecular weight is 403 g/mol. The van der Waals surface area contributed by atoms with E-state index in [9.17, 15) is 14.0 Å². The van der Waals surface area contributed by atoms with Crippen LogP contribution in [0.25, 0.3) is 17.0 Å². The van der Waals surface area contributed by atoms with Crippen LogP contribution in [0.3, 0.4) is 0 Å². The fraction of sp³-hybridized carbons (Fsp3) is 0.0455. The number of thiocarbonyl (C=S) groups is 1. The third-order valence-electron chi connectivity index (χ3n) is 4.55. The summed E-state index contributed by atoms with van der Waals surface area (Å²) in [6.45, 7) is 0.351. The van der Waals surface area contributed by atoms with Gasteiger partial charge in [-0.15, -0.1) is 6.42 Å². The third kappa shape index (κ3) is 3.30. The van der Waals surface area contributed by atoms with Gasteiger partial charge in [0, 0.05) is 22.7 Å². The highest BCUT2D eigenvalue weighted by Crippen LogP contribution is 2.26. The summed E-state index contributed by atoms with van der Waals surface area (Å²) in [7, 11) is 0. The second kappa shape index (κ2) is 7.34. The minimum Gasteiger partial charge on any atom is -0.335 e. The molecule has 1 N–H and O–H groups in total. The van der Waals surface area contributed by atoms with Crippen LogP contribution < -0.4 is 10.2 Å². The Hall–Kier alpha value is -3.76. The lowest BCUT2D eigenvalue weighted by atomic mass is 10.1. The molecule has 0 spiro atoms. The number of anilines is 1. The van der Waals surface area contributed by atoms with Gasteiger partial charge in [-0.05, 0) is 42.6 Å². The maximum absolute atomic E-state index is 13.6. The van der Waals surface area contributed by atoms with Crippen LogP contribution in [-0.2, 0) is 16.1 Å². The van der Waals surface area contributed by atoms with Crippen molar-refractivity contribution in [2.45, 2.75) is 6.54 Å². The summed E-state index contributed by atoms with van der Waals surface area (Å²) in [6.07, 6.45) is 8.73. The molecule has 0 saturated carbocycles. The summed E-state index contributed by atoms with van der Waals surface area (Å²) < 4.78 is 15.5. The first-order chi connectivity index (χ1) is 14.0. The van der Waals surface area contributed by atoms with Crippen LogP contribution in [0.4, 0.5) is 10.1 Å². The molecule has 0 atom stereocenters. The molecule has 0 unspecified atom stereocenters. The molecule has 29 heavy (non-hydrogen) atoms. The average Bonchev–Trinajstić information content (AvgIpc) is 3.03. The smallest absolute Gasteiger partial charge is 0.270 e. The van der Waals surface area contributed by atoms with Gasteiger partial charge in [-0.25, -0.2) is 4.39 Å². The largest absolute Gasteiger partial charge is 0.335 e. The number of fused-ring (bicyclic) bond motifs is 1. The van der Waals surface area contributed by atoms with Crippen molar-refractivity contribution in [3.05, 3.63) is 71.7 Å². The zero-order valence-corrected chi connectivity index (χ0v) is 15.9. The van der Waals surface area contributed by atoms with Gasteiger partial charge >= 0.3 is 0 Å². The molecule has 5 nitrogen and oxygen atoms in total. The molecule has 7 heteroatoms. The van der Waals surface area contributed by atoms with Crippen molar-refractivity contribution < 1.29 is 14.0 Å². The number of para-hydroxylation sites is 1. The first-order valence-corrected chi connectivity index (χ1v) is 9.09. The SMILES string of the molecule is C#CCn1cc(C=C2C(=O)NC(=S)N(c3cccc(F)c3)C2=O)c2ccccc21. The molecule has 0 radical (unpaired) electrons. The molecule has 1 aliphatic heterocycles. The highest BCUT2D eigenvalue weighted by Gasteiger charge is 2.34. The molecule has 2 aromatic carbocycles. The summed E-state index contributed by atoms with van der Waals surface area (Å²) in [5, 5.41) is 3.24. The van der Waals surface area contributed by atoms with Crippen LogP contribution in [0.2, 0.25) is 0 Å². The van der Waals surface area contributed by atoms with Crippen LogP contribution in [0.5, 0.6) is 0 Å². The maximum Gasteiger partial charge on any atom is 0.270 e. The predicted molar refractivity (Wildman–Crippen MR) is 113 cm³/mol. The fourth-order valence-corrected chi connectivity index (χ4v) is 3.56. The van der Waals surface area contributed by atoms with Crippen molar-refractivity contribution in [1.82, 2.24) is 9.88 Å². The minimum atomic E-state index is -0.627. The molecule has 2 heterocycles. The van der Waals surface area contributed by atoms with Gasteiger partial charge in [0.15, 0.2) is 5.11 Å². The quantitative estimate of drug-likeness (QED) is 0.316. The van der Waals surface area contributed by atoms with E-state index in [-0.39, 0.29) is 16.4 Å². The van der Waals surface area contributed by atoms with E-state index >= 15 is 0 Å². The summed E-state index contributed by atoms with van der Waals surface area (Å²) in [5.74, 6) is 0.833. The number of amides is 2. The summed E-state index contributed by atoms with van der Waals surface area (Å²) >= 11 is 5.14. The number of aromatic nitrogens is 1. The van der Waals surface area contributed by atoms with Crippen molar-refractivity contribution in [2.75, 3.05) is 4.90 Å². The molecule has 0 aliphatic carbocycles. The van der Waals surface area contributed by atoms with E-state index in [0.717, 1.165) is 15.8 Å². The Morgan fingerprint density at radius 1 is 1.17 bits per heavy atom. The minimum absolute atomic E-state index is 0.0995. The van der Waals surface area contributed by atoms with E-state index in [2.05, 4.69) is 11.2 Å². The van der Waals surface area contributed by atoms with Gasteiger partial charge < -0.3 is 4.57 Å². The van der Waals surface area contributed by atoms with Crippen LogP contribution in [-0.4, -0.2) is 21.5 Å². The van der Waals surface area contributed by atoms with Gasteiger partial charge in [-0.1, -0.05) is 30.2 Å². The van der Waals surface area contributed by atoms with Gasteiger partial charge in [-0.2, -0.15) is 0 Å². The molecule has 1 aliphatic rings. The summed E-state index contributed by atoms with van der Waals surface area (Å²) in [5.41, 5.74) is 1.69. The number of nitrogens with zero attached hydrogens (tertiary/aromatic N) is 2. The van der Waals surface area contributed by atoms with Crippen LogP contribution in [0.15, 0.2) is 60.3 Å². The lowest BCUT2D eigenvalue weighted by molar-refractivity contribution is -0.122. The third-order valence-corrected chi connectivity index (χ3v) is 4.83. The van der Waals surface area contributed by atoms with Crippen LogP contribution in [0, 0.1) is 18.2 Å². The van der Waals surface area contributed by atoms with E-state index in [1.54, 1.807) is 12.3 Å². The van der Waals surface area contributed by atoms with E-state index in [0.29, 0.717) is 12.1 Å². The molecular weight excluding hydrogens is 389 g/mol. The Morgan fingerprint density at radius 3 is 2.72 bits per heavy atom. The van der Waals surface area contributed by atoms with Crippen molar-refractivity contribution in [3.8, 4) is 12.3 Å². The summed E-state index contributed by atoms with van der Waals surface area (Å²) in [4.78, 5) is 26.7. The van der Waals surface area contributed by atoms with Crippen molar-refractivity contribution >= 4 is 51.8 Å². The molecule has 3 aromatic rings. The van der Waals surface area contributed by atoms with Gasteiger partial charge in [0.05, 0.1) is 12.2 Å². The lowest BCUT2D eigenvalue weighted by Gasteiger charge is -2.28. The van der Waals surface area contributed by atoms with Gasteiger partial charge in [0.1, 0.15) is 11.4 Å². The number of halogens is 1. The first kappa shape index (κ1) is 18.6. The molecule has 1 saturated heterocycles. The monoisotopic (exact) mass is 403 g/mol. The zero-order chi connectivity index (χ0) is 20.5. The number of carbonyl (C=O) groups is 2. The molecule has 2 amide bonds. The number of hydrogen-bond acceptors (Lipinski definition) is 3. The zero-order valence-electron chi connectivity index (χ0n) is 15.1. The van der Waals surface area contributed by atoms with E-state index < -0.39 is 17.6 Å². The first-order valence-electron chi connectivity index (χ1n) is 8.68. The van der Waals surface area contributed by atoms with Gasteiger partial charge in [0.25, 0.3) is 11.8 Å². The van der Waals surface area contributed by atoms with Gasteiger partial charge in [0.2, 0.25) is 0 Å². The molecule has 0 bridgehead atoms. The standard InChI is InChI=1S/C22H14FN3O2S/c1-2-10-25-13-14(17-8-3-4-9-19(17)25)11-18-20(27)24-22(29)26(21(18)28)16-7-5-6-15(23)12-16/h1,3-9,11-13H,10H2,(H,24,27,29). The Bertz CT molecular complexity index is 1250. The molecule has 142 valence electrons. The number of benzene rings is 2. The van der Waals surface area contributed by atoms with E-state index in [1.165, 1.54) is 24.3 Å². The second-order valence-corrected chi connectivity index (χ2v) is 6.76. The predicted octanol–water partition coefficient (Wildman–Crippen LogP) is 3.24. The molecule has 1 fully saturated rings. The molecule has 4 rings (SSSR count). The Balaban J connectivity index is 1.82. The lowest BCUT2D eigenvalue weighted by Crippen LogP contribution is -2.54. The highest BCUT2D eigenvalue weighted by molar-refractivity contribution is 7.80. The van der Waals surface area contributed by atoms with Gasteiger partial charge in [-0.3, -0.25) is 19.8 Å². The van der Waals surface area contributed by atoms with Crippen LogP contribution in [0.1, 0.15) is 5.56 Å². The Kier molecular flexibility index (Phi) is 4.71. The molecule has 1 aromatic heterocycles. The number of rotatable bonds is 3. The van der Waals surface area contributed by atoms with Crippen molar-refractivity contribution in [3.63, 3.8) is 0 Å². The number of hydrogen-bond donors (Lipinski definition) is 1. The van der Waals surface area contributed by atoms with Crippen LogP contribution >= 0.6 is 12.2 Å². The Labute approximate surface area is 171 Å². The van der Waals surface area contributed by atoms with Crippen molar-refractivity contribution in [2.24, 2.45) is 0 Å². The summed E-state index contributed by atoms with van der Waals surface area (Å²) in [6, 6.07) is 13.0. The van der Waals surface area contributed by atoms with Crippen molar-refractivity contribution in [1.29, 1.82) is 0 Å². The maximum atomic E-state index is 13.6. The topological polar surface area (TPSA) is 54.3 Å². The van der Waals surface area contributed by atoms with E-state index in [4.69, 9.17) is 18.6 Å². The normalized spacial score (nSPS) is 15.7. The fourth-order valence-electron chi connectivity index (χ4n) is 3.28. The second-order valence-electron chi connectivity index (χ2n) is 6.37. The van der Waals surface area contributed by atoms with E-state index in [1.807, 2.05) is 28.8 Å². The number of terminal acetylenes is 1. The number of carbonyl (C=O) groups excluding carboxylic acids is 2. The Morgan fingerprint density at radius 2 is 1.97 bits per heavy atom. The molecular formula is C22H14FN3O2S. The highest BCUT2D eigenvalue weighted by atomic mass is 32.1. The number of nitrogens with one attached hydrogen (secondary N) is 1.